The molecule has 0 saturated heterocycles. The molecule has 0 aliphatic carbocycles. The van der Waals surface area contributed by atoms with Crippen molar-refractivity contribution < 1.29 is 8.42 Å². The highest BCUT2D eigenvalue weighted by Crippen LogP contribution is 2.14. The molecule has 2 rings (SSSR count). The number of hydrogen-bond donors (Lipinski definition) is 2. The molecule has 5 nitrogen and oxygen atoms in total. The van der Waals surface area contributed by atoms with Crippen molar-refractivity contribution in [1.29, 1.82) is 0 Å². The number of hydrazone groups is 1. The zero-order chi connectivity index (χ0) is 15.5. The summed E-state index contributed by atoms with van der Waals surface area (Å²) < 4.78 is 25.0. The predicted octanol–water partition coefficient (Wildman–Crippen LogP) is 2.73. The highest BCUT2D eigenvalue weighted by atomic mass is 79.9. The molecule has 0 spiro atoms. The van der Waals surface area contributed by atoms with Gasteiger partial charge in [0.25, 0.3) is 10.0 Å². The van der Waals surface area contributed by atoms with Crippen LogP contribution >= 0.6 is 15.9 Å². The van der Waals surface area contributed by atoms with Crippen molar-refractivity contribution in [1.82, 2.24) is 4.83 Å². The fourth-order valence-corrected chi connectivity index (χ4v) is 2.71. The van der Waals surface area contributed by atoms with E-state index in [0.717, 1.165) is 10.0 Å². The second kappa shape index (κ2) is 6.28. The van der Waals surface area contributed by atoms with Crippen LogP contribution in [0.15, 0.2) is 63.0 Å². The lowest BCUT2D eigenvalue weighted by Gasteiger charge is -2.06. The number of hydrogen-bond acceptors (Lipinski definition) is 4. The Bertz CT molecular complexity index is 754. The van der Waals surface area contributed by atoms with Gasteiger partial charge in [-0.2, -0.15) is 18.4 Å². The zero-order valence-electron chi connectivity index (χ0n) is 11.2. The van der Waals surface area contributed by atoms with E-state index in [9.17, 15) is 8.42 Å². The Labute approximate surface area is 132 Å². The Kier molecular flexibility index (Phi) is 4.64. The monoisotopic (exact) mass is 367 g/mol. The molecule has 0 unspecified atom stereocenters. The largest absolute Gasteiger partial charge is 0.399 e. The van der Waals surface area contributed by atoms with Gasteiger partial charge in [0, 0.05) is 10.2 Å². The molecular weight excluding hydrogens is 354 g/mol. The van der Waals surface area contributed by atoms with Gasteiger partial charge in [-0.25, -0.2) is 0 Å². The van der Waals surface area contributed by atoms with Crippen LogP contribution in [-0.4, -0.2) is 14.1 Å². The maximum atomic E-state index is 12.1. The highest BCUT2D eigenvalue weighted by Gasteiger charge is 2.12. The lowest BCUT2D eigenvalue weighted by molar-refractivity contribution is 0.584. The average molecular weight is 368 g/mol. The van der Waals surface area contributed by atoms with Gasteiger partial charge in [-0.3, -0.25) is 0 Å². The number of nitrogens with zero attached hydrogens (tertiary/aromatic N) is 1. The molecule has 110 valence electrons. The fraction of sp³-hybridized carbons (Fsp3) is 0.0714. The summed E-state index contributed by atoms with van der Waals surface area (Å²) in [5.74, 6) is 0. The summed E-state index contributed by atoms with van der Waals surface area (Å²) in [6.45, 7) is 1.72. The van der Waals surface area contributed by atoms with Crippen LogP contribution in [0.5, 0.6) is 0 Å². The average Bonchev–Trinajstić information content (AvgIpc) is 2.46. The molecule has 0 aromatic heterocycles. The van der Waals surface area contributed by atoms with Gasteiger partial charge in [0.1, 0.15) is 0 Å². The van der Waals surface area contributed by atoms with Crippen LogP contribution in [0.4, 0.5) is 5.69 Å². The number of rotatable bonds is 4. The third kappa shape index (κ3) is 4.05. The molecule has 3 N–H and O–H groups in total. The van der Waals surface area contributed by atoms with E-state index >= 15 is 0 Å². The first-order chi connectivity index (χ1) is 9.88. The van der Waals surface area contributed by atoms with Crippen molar-refractivity contribution in [2.24, 2.45) is 5.10 Å². The van der Waals surface area contributed by atoms with E-state index in [-0.39, 0.29) is 4.90 Å². The number of nitrogens with two attached hydrogens (primary N) is 1. The number of nitrogens with one attached hydrogen (secondary N) is 1. The summed E-state index contributed by atoms with van der Waals surface area (Å²) in [6, 6.07) is 13.3. The summed E-state index contributed by atoms with van der Waals surface area (Å²) >= 11 is 3.26. The number of halogens is 1. The highest BCUT2D eigenvalue weighted by molar-refractivity contribution is 9.10. The van der Waals surface area contributed by atoms with Crippen molar-refractivity contribution in [3.8, 4) is 0 Å². The molecule has 21 heavy (non-hydrogen) atoms. The summed E-state index contributed by atoms with van der Waals surface area (Å²) in [5, 5.41) is 3.92. The molecule has 0 saturated carbocycles. The summed E-state index contributed by atoms with van der Waals surface area (Å²) in [6.07, 6.45) is 0. The molecule has 0 radical (unpaired) electrons. The van der Waals surface area contributed by atoms with Crippen LogP contribution in [-0.2, 0) is 10.0 Å². The van der Waals surface area contributed by atoms with Crippen LogP contribution in [0, 0.1) is 0 Å². The molecule has 0 fully saturated rings. The van der Waals surface area contributed by atoms with Gasteiger partial charge in [0.2, 0.25) is 0 Å². The number of nitrogen functional groups attached to an aromatic ring is 1. The Balaban J connectivity index is 2.18. The molecule has 0 atom stereocenters. The third-order valence-corrected chi connectivity index (χ3v) is 4.54. The molecule has 0 heterocycles. The lowest BCUT2D eigenvalue weighted by atomic mass is 10.1. The van der Waals surface area contributed by atoms with Gasteiger partial charge < -0.3 is 5.73 Å². The van der Waals surface area contributed by atoms with E-state index in [1.165, 1.54) is 12.1 Å². The summed E-state index contributed by atoms with van der Waals surface area (Å²) in [5.41, 5.74) is 7.59. The minimum absolute atomic E-state index is 0.152. The molecule has 0 aliphatic heterocycles. The van der Waals surface area contributed by atoms with Crippen LogP contribution in [0.2, 0.25) is 0 Å². The topological polar surface area (TPSA) is 84.5 Å². The summed E-state index contributed by atoms with van der Waals surface area (Å²) in [7, 11) is -3.67. The molecular formula is C14H14BrN3O2S. The second-order valence-corrected chi connectivity index (χ2v) is 6.94. The number of benzene rings is 2. The summed E-state index contributed by atoms with van der Waals surface area (Å²) in [4.78, 5) is 2.37. The third-order valence-electron chi connectivity index (χ3n) is 2.79. The first kappa shape index (κ1) is 15.5. The normalized spacial score (nSPS) is 12.2. The Morgan fingerprint density at radius 2 is 1.67 bits per heavy atom. The van der Waals surface area contributed by atoms with Crippen LogP contribution in [0.1, 0.15) is 12.5 Å². The maximum Gasteiger partial charge on any atom is 0.276 e. The van der Waals surface area contributed by atoms with E-state index in [4.69, 9.17) is 5.73 Å². The Morgan fingerprint density at radius 3 is 2.24 bits per heavy atom. The van der Waals surface area contributed by atoms with Gasteiger partial charge in [-0.05, 0) is 48.9 Å². The maximum absolute atomic E-state index is 12.1. The van der Waals surface area contributed by atoms with E-state index in [0.29, 0.717) is 11.4 Å². The molecule has 2 aromatic rings. The van der Waals surface area contributed by atoms with Gasteiger partial charge in [-0.1, -0.05) is 28.1 Å². The minimum Gasteiger partial charge on any atom is -0.399 e. The van der Waals surface area contributed by atoms with Gasteiger partial charge in [0.15, 0.2) is 0 Å². The van der Waals surface area contributed by atoms with E-state index in [1.54, 1.807) is 43.3 Å². The van der Waals surface area contributed by atoms with Crippen molar-refractivity contribution in [2.75, 3.05) is 5.73 Å². The van der Waals surface area contributed by atoms with Gasteiger partial charge in [0.05, 0.1) is 10.6 Å². The van der Waals surface area contributed by atoms with Crippen molar-refractivity contribution in [3.05, 3.63) is 58.6 Å². The smallest absolute Gasteiger partial charge is 0.276 e. The van der Waals surface area contributed by atoms with Gasteiger partial charge in [-0.15, -0.1) is 0 Å². The molecule has 7 heteroatoms. The Hall–Kier alpha value is -1.86. The molecule has 2 aromatic carbocycles. The Morgan fingerprint density at radius 1 is 1.10 bits per heavy atom. The van der Waals surface area contributed by atoms with Gasteiger partial charge >= 0.3 is 0 Å². The first-order valence-corrected chi connectivity index (χ1v) is 8.34. The van der Waals surface area contributed by atoms with E-state index < -0.39 is 10.0 Å². The first-order valence-electron chi connectivity index (χ1n) is 6.06. The zero-order valence-corrected chi connectivity index (χ0v) is 13.6. The van der Waals surface area contributed by atoms with Crippen LogP contribution in [0.25, 0.3) is 0 Å². The van der Waals surface area contributed by atoms with Crippen molar-refractivity contribution in [3.63, 3.8) is 0 Å². The molecule has 0 bridgehead atoms. The van der Waals surface area contributed by atoms with Crippen LogP contribution < -0.4 is 10.6 Å². The van der Waals surface area contributed by atoms with Crippen LogP contribution in [0.3, 0.4) is 0 Å². The molecule has 0 aliphatic rings. The fourth-order valence-electron chi connectivity index (χ4n) is 1.58. The lowest BCUT2D eigenvalue weighted by Crippen LogP contribution is -2.19. The SMILES string of the molecule is C/C(=N/NS(=O)(=O)c1ccc(Br)cc1)c1ccc(N)cc1. The second-order valence-electron chi connectivity index (χ2n) is 4.37. The van der Waals surface area contributed by atoms with Crippen molar-refractivity contribution >= 4 is 37.4 Å². The molecule has 0 amide bonds. The number of anilines is 1. The van der Waals surface area contributed by atoms with Crippen molar-refractivity contribution in [2.45, 2.75) is 11.8 Å². The minimum atomic E-state index is -3.67. The number of sulfonamides is 1. The standard InChI is InChI=1S/C14H14BrN3O2S/c1-10(11-2-6-13(16)7-3-11)17-18-21(19,20)14-8-4-12(15)5-9-14/h2-9,18H,16H2,1H3/b17-10-. The predicted molar refractivity (Wildman–Crippen MR) is 87.5 cm³/mol. The van der Waals surface area contributed by atoms with E-state index in [1.807, 2.05) is 0 Å². The van der Waals surface area contributed by atoms with E-state index in [2.05, 4.69) is 25.9 Å². The quantitative estimate of drug-likeness (QED) is 0.494.